The lowest BCUT2D eigenvalue weighted by molar-refractivity contribution is -0.145. The summed E-state index contributed by atoms with van der Waals surface area (Å²) in [7, 11) is 1.44. The van der Waals surface area contributed by atoms with Crippen LogP contribution in [0.25, 0.3) is 0 Å². The van der Waals surface area contributed by atoms with E-state index in [1.54, 1.807) is 24.3 Å². The normalized spacial score (nSPS) is 11.0. The van der Waals surface area contributed by atoms with E-state index in [9.17, 15) is 22.8 Å². The van der Waals surface area contributed by atoms with Gasteiger partial charge in [-0.15, -0.1) is 0 Å². The Kier molecular flexibility index (Phi) is 6.86. The first-order valence-corrected chi connectivity index (χ1v) is 8.12. The minimum Gasteiger partial charge on any atom is -0.493 e. The van der Waals surface area contributed by atoms with E-state index in [2.05, 4.69) is 0 Å². The number of amides is 1. The number of ether oxygens (including phenoxy) is 2. The topological polar surface area (TPSA) is 76.1 Å². The number of carboxylic acids is 1. The molecule has 0 saturated carbocycles. The number of carbonyl (C=O) groups excluding carboxylic acids is 1. The molecule has 0 radical (unpaired) electrons. The fraction of sp³-hybridized carbons (Fsp3) is 0.263. The van der Waals surface area contributed by atoms with E-state index in [4.69, 9.17) is 14.6 Å². The van der Waals surface area contributed by atoms with Crippen LogP contribution in [0.4, 0.5) is 13.2 Å². The number of nitrogens with zero attached hydrogens (tertiary/aromatic N) is 1. The van der Waals surface area contributed by atoms with Crippen LogP contribution in [0.2, 0.25) is 0 Å². The van der Waals surface area contributed by atoms with Crippen LogP contribution in [-0.4, -0.2) is 42.1 Å². The van der Waals surface area contributed by atoms with Crippen LogP contribution < -0.4 is 9.47 Å². The Morgan fingerprint density at radius 1 is 1.04 bits per heavy atom. The van der Waals surface area contributed by atoms with Gasteiger partial charge in [0.25, 0.3) is 5.91 Å². The van der Waals surface area contributed by atoms with E-state index in [1.807, 2.05) is 0 Å². The number of carbonyl (C=O) groups is 2. The summed E-state index contributed by atoms with van der Waals surface area (Å²) in [4.78, 5) is 24.4. The van der Waals surface area contributed by atoms with E-state index >= 15 is 0 Å². The van der Waals surface area contributed by atoms with Gasteiger partial charge in [-0.3, -0.25) is 9.59 Å². The van der Waals surface area contributed by atoms with Crippen molar-refractivity contribution >= 4 is 11.9 Å². The lowest BCUT2D eigenvalue weighted by Crippen LogP contribution is -2.38. The third-order valence-corrected chi connectivity index (χ3v) is 3.75. The molecule has 2 aromatic carbocycles. The number of aliphatic carboxylic acids is 1. The van der Waals surface area contributed by atoms with Gasteiger partial charge in [0.1, 0.15) is 6.54 Å². The van der Waals surface area contributed by atoms with Gasteiger partial charge in [0.15, 0.2) is 18.1 Å². The largest absolute Gasteiger partial charge is 0.493 e. The molecular weight excluding hydrogens is 379 g/mol. The van der Waals surface area contributed by atoms with Crippen molar-refractivity contribution in [2.24, 2.45) is 0 Å². The number of rotatable bonds is 8. The van der Waals surface area contributed by atoms with Crippen LogP contribution in [0.3, 0.4) is 0 Å². The zero-order valence-electron chi connectivity index (χ0n) is 14.9. The second-order valence-corrected chi connectivity index (χ2v) is 5.78. The summed E-state index contributed by atoms with van der Waals surface area (Å²) in [5.41, 5.74) is -0.466. The third kappa shape index (κ3) is 5.90. The predicted molar refractivity (Wildman–Crippen MR) is 93.0 cm³/mol. The van der Waals surface area contributed by atoms with Crippen LogP contribution in [0.1, 0.15) is 11.1 Å². The van der Waals surface area contributed by atoms with Gasteiger partial charge in [-0.05, 0) is 29.8 Å². The Hall–Kier alpha value is -3.23. The molecule has 0 atom stereocenters. The van der Waals surface area contributed by atoms with Crippen LogP contribution in [-0.2, 0) is 22.3 Å². The molecule has 150 valence electrons. The highest BCUT2D eigenvalue weighted by Crippen LogP contribution is 2.29. The van der Waals surface area contributed by atoms with Crippen molar-refractivity contribution in [3.8, 4) is 11.5 Å². The molecule has 0 aliphatic carbocycles. The zero-order chi connectivity index (χ0) is 20.7. The molecule has 0 spiro atoms. The summed E-state index contributed by atoms with van der Waals surface area (Å²) < 4.78 is 48.4. The third-order valence-electron chi connectivity index (χ3n) is 3.75. The maximum absolute atomic E-state index is 12.6. The highest BCUT2D eigenvalue weighted by Gasteiger charge is 2.30. The molecule has 0 aromatic heterocycles. The number of para-hydroxylation sites is 2. The molecule has 1 amide bonds. The van der Waals surface area contributed by atoms with Crippen LogP contribution >= 0.6 is 0 Å². The number of halogens is 3. The molecule has 0 aliphatic heterocycles. The van der Waals surface area contributed by atoms with Gasteiger partial charge in [-0.2, -0.15) is 13.2 Å². The van der Waals surface area contributed by atoms with Gasteiger partial charge < -0.3 is 19.5 Å². The fourth-order valence-corrected chi connectivity index (χ4v) is 2.38. The van der Waals surface area contributed by atoms with Crippen molar-refractivity contribution in [2.75, 3.05) is 20.3 Å². The molecule has 0 bridgehead atoms. The van der Waals surface area contributed by atoms with Gasteiger partial charge in [0.05, 0.1) is 12.7 Å². The summed E-state index contributed by atoms with van der Waals surface area (Å²) in [6.07, 6.45) is -4.47. The molecule has 9 heteroatoms. The van der Waals surface area contributed by atoms with Crippen LogP contribution in [0.5, 0.6) is 11.5 Å². The summed E-state index contributed by atoms with van der Waals surface area (Å²) in [6, 6.07) is 10.8. The van der Waals surface area contributed by atoms with Crippen molar-refractivity contribution in [3.05, 3.63) is 59.7 Å². The molecule has 0 fully saturated rings. The monoisotopic (exact) mass is 397 g/mol. The van der Waals surface area contributed by atoms with Crippen molar-refractivity contribution in [1.82, 2.24) is 4.90 Å². The van der Waals surface area contributed by atoms with Crippen molar-refractivity contribution < 1.29 is 37.3 Å². The lowest BCUT2D eigenvalue weighted by atomic mass is 10.1. The minimum absolute atomic E-state index is 0.168. The Labute approximate surface area is 159 Å². The molecule has 28 heavy (non-hydrogen) atoms. The van der Waals surface area contributed by atoms with Crippen molar-refractivity contribution in [1.29, 1.82) is 0 Å². The van der Waals surface area contributed by atoms with Crippen LogP contribution in [0.15, 0.2) is 48.5 Å². The van der Waals surface area contributed by atoms with Crippen molar-refractivity contribution in [3.63, 3.8) is 0 Å². The minimum atomic E-state index is -4.47. The quantitative estimate of drug-likeness (QED) is 0.740. The van der Waals surface area contributed by atoms with Gasteiger partial charge in [-0.25, -0.2) is 0 Å². The maximum Gasteiger partial charge on any atom is 0.416 e. The highest BCUT2D eigenvalue weighted by molar-refractivity contribution is 5.82. The Morgan fingerprint density at radius 2 is 1.64 bits per heavy atom. The lowest BCUT2D eigenvalue weighted by Gasteiger charge is -2.21. The second-order valence-electron chi connectivity index (χ2n) is 5.78. The first-order valence-electron chi connectivity index (χ1n) is 8.12. The smallest absolute Gasteiger partial charge is 0.416 e. The summed E-state index contributed by atoms with van der Waals surface area (Å²) in [5, 5.41) is 9.03. The summed E-state index contributed by atoms with van der Waals surface area (Å²) in [6.45, 7) is -1.23. The average molecular weight is 397 g/mol. The molecular formula is C19H18F3NO5. The molecule has 1 N–H and O–H groups in total. The zero-order valence-corrected chi connectivity index (χ0v) is 14.9. The number of hydrogen-bond acceptors (Lipinski definition) is 4. The number of benzene rings is 2. The Bertz CT molecular complexity index is 821. The Morgan fingerprint density at radius 3 is 2.18 bits per heavy atom. The molecule has 0 aliphatic rings. The van der Waals surface area contributed by atoms with Gasteiger partial charge in [0.2, 0.25) is 0 Å². The molecule has 0 unspecified atom stereocenters. The van der Waals surface area contributed by atoms with E-state index in [-0.39, 0.29) is 6.54 Å². The number of carboxylic acid groups (broad SMARTS) is 1. The van der Waals surface area contributed by atoms with Gasteiger partial charge >= 0.3 is 12.1 Å². The molecule has 0 saturated heterocycles. The van der Waals surface area contributed by atoms with Crippen LogP contribution in [0, 0.1) is 0 Å². The predicted octanol–water partition coefficient (Wildman–Crippen LogP) is 3.21. The fourth-order valence-electron chi connectivity index (χ4n) is 2.38. The highest BCUT2D eigenvalue weighted by atomic mass is 19.4. The Balaban J connectivity index is 2.07. The number of hydrogen-bond donors (Lipinski definition) is 1. The molecule has 0 heterocycles. The summed E-state index contributed by atoms with van der Waals surface area (Å²) >= 11 is 0. The van der Waals surface area contributed by atoms with E-state index in [0.29, 0.717) is 17.1 Å². The molecule has 6 nitrogen and oxygen atoms in total. The average Bonchev–Trinajstić information content (AvgIpc) is 2.65. The van der Waals surface area contributed by atoms with E-state index in [0.717, 1.165) is 17.0 Å². The first kappa shape index (κ1) is 21.1. The maximum atomic E-state index is 12.6. The van der Waals surface area contributed by atoms with E-state index in [1.165, 1.54) is 19.2 Å². The van der Waals surface area contributed by atoms with Crippen molar-refractivity contribution in [2.45, 2.75) is 12.7 Å². The standard InChI is InChI=1S/C19H18F3NO5/c1-27-15-4-2-3-5-16(15)28-12-17(24)23(11-18(25)26)10-13-6-8-14(9-7-13)19(20,21)22/h2-9H,10-12H2,1H3,(H,25,26). The second kappa shape index (κ2) is 9.12. The van der Waals surface area contributed by atoms with E-state index < -0.39 is 36.8 Å². The van der Waals surface area contributed by atoms with Gasteiger partial charge in [-0.1, -0.05) is 24.3 Å². The number of methoxy groups -OCH3 is 1. The van der Waals surface area contributed by atoms with Gasteiger partial charge in [0, 0.05) is 6.54 Å². The summed E-state index contributed by atoms with van der Waals surface area (Å²) in [5.74, 6) is -1.17. The molecule has 2 rings (SSSR count). The number of alkyl halides is 3. The molecule has 2 aromatic rings. The SMILES string of the molecule is COc1ccccc1OCC(=O)N(CC(=O)O)Cc1ccc(C(F)(F)F)cc1. The first-order chi connectivity index (χ1) is 13.2.